The number of thiocarbonyl (C=S) groups is 1. The molecule has 0 saturated carbocycles. The van der Waals surface area contributed by atoms with Gasteiger partial charge in [-0.2, -0.15) is 5.26 Å². The van der Waals surface area contributed by atoms with Crippen LogP contribution in [0.3, 0.4) is 0 Å². The fourth-order valence-corrected chi connectivity index (χ4v) is 5.31. The van der Waals surface area contributed by atoms with Crippen LogP contribution in [0, 0.1) is 22.7 Å². The molecule has 29 heavy (non-hydrogen) atoms. The van der Waals surface area contributed by atoms with Crippen molar-refractivity contribution in [3.8, 4) is 6.07 Å². The Morgan fingerprint density at radius 1 is 1.34 bits per heavy atom. The number of carbonyl (C=O) groups excluding carboxylic acids is 1. The third kappa shape index (κ3) is 5.36. The molecule has 1 aliphatic rings. The van der Waals surface area contributed by atoms with Crippen LogP contribution in [0.1, 0.15) is 48.8 Å². The van der Waals surface area contributed by atoms with Crippen molar-refractivity contribution >= 4 is 51.2 Å². The Kier molecular flexibility index (Phi) is 6.62. The zero-order valence-electron chi connectivity index (χ0n) is 16.8. The number of amides is 1. The summed E-state index contributed by atoms with van der Waals surface area (Å²) in [7, 11) is 0. The van der Waals surface area contributed by atoms with E-state index in [1.807, 2.05) is 12.1 Å². The number of fused-ring (bicyclic) bond motifs is 1. The minimum absolute atomic E-state index is 0.207. The van der Waals surface area contributed by atoms with Crippen molar-refractivity contribution in [1.29, 1.82) is 5.26 Å². The van der Waals surface area contributed by atoms with Crippen molar-refractivity contribution in [1.82, 2.24) is 5.32 Å². The highest BCUT2D eigenvalue weighted by molar-refractivity contribution is 7.80. The van der Waals surface area contributed by atoms with Gasteiger partial charge in [0.05, 0.1) is 12.0 Å². The van der Waals surface area contributed by atoms with Crippen molar-refractivity contribution in [3.05, 3.63) is 50.9 Å². The summed E-state index contributed by atoms with van der Waals surface area (Å²) in [5.41, 5.74) is 2.89. The van der Waals surface area contributed by atoms with Crippen LogP contribution in [0.25, 0.3) is 0 Å². The maximum absolute atomic E-state index is 12.3. The lowest BCUT2D eigenvalue weighted by Gasteiger charge is -2.33. The van der Waals surface area contributed by atoms with Gasteiger partial charge in [-0.1, -0.05) is 44.5 Å². The number of halogens is 1. The van der Waals surface area contributed by atoms with Crippen LogP contribution in [0.2, 0.25) is 5.02 Å². The largest absolute Gasteiger partial charge is 0.323 e. The highest BCUT2D eigenvalue weighted by Crippen LogP contribution is 2.43. The van der Waals surface area contributed by atoms with Crippen molar-refractivity contribution < 1.29 is 4.79 Å². The molecular weight excluding hydrogens is 422 g/mol. The molecule has 7 heteroatoms. The number of thiophene rings is 1. The highest BCUT2D eigenvalue weighted by Gasteiger charge is 2.32. The molecule has 1 aromatic carbocycles. The summed E-state index contributed by atoms with van der Waals surface area (Å²) in [6.45, 7) is 6.81. The van der Waals surface area contributed by atoms with E-state index in [0.29, 0.717) is 16.5 Å². The first-order valence-corrected chi connectivity index (χ1v) is 11.2. The second-order valence-electron chi connectivity index (χ2n) is 8.43. The summed E-state index contributed by atoms with van der Waals surface area (Å²) in [6.07, 6.45) is 3.19. The first-order valence-electron chi connectivity index (χ1n) is 9.57. The van der Waals surface area contributed by atoms with Crippen molar-refractivity contribution in [2.45, 2.75) is 46.5 Å². The van der Waals surface area contributed by atoms with Gasteiger partial charge in [-0.15, -0.1) is 11.3 Å². The number of carbonyl (C=O) groups is 1. The molecule has 1 amide bonds. The molecule has 0 spiro atoms. The van der Waals surface area contributed by atoms with Gasteiger partial charge in [0.25, 0.3) is 0 Å². The Morgan fingerprint density at radius 3 is 2.66 bits per heavy atom. The monoisotopic (exact) mass is 445 g/mol. The first-order chi connectivity index (χ1) is 13.7. The predicted molar refractivity (Wildman–Crippen MR) is 124 cm³/mol. The quantitative estimate of drug-likeness (QED) is 0.614. The third-order valence-electron chi connectivity index (χ3n) is 5.36. The van der Waals surface area contributed by atoms with Gasteiger partial charge in [-0.3, -0.25) is 4.79 Å². The molecule has 152 valence electrons. The summed E-state index contributed by atoms with van der Waals surface area (Å²) in [5, 5.41) is 17.0. The molecule has 1 atom stereocenters. The van der Waals surface area contributed by atoms with E-state index in [-0.39, 0.29) is 22.9 Å². The predicted octanol–water partition coefficient (Wildman–Crippen LogP) is 5.48. The number of nitriles is 1. The van der Waals surface area contributed by atoms with Crippen molar-refractivity contribution in [2.24, 2.45) is 11.3 Å². The Bertz CT molecular complexity index is 968. The maximum Gasteiger partial charge on any atom is 0.230 e. The minimum atomic E-state index is -0.211. The van der Waals surface area contributed by atoms with E-state index < -0.39 is 0 Å². The van der Waals surface area contributed by atoms with Crippen LogP contribution in [0.15, 0.2) is 24.3 Å². The maximum atomic E-state index is 12.3. The average molecular weight is 446 g/mol. The molecule has 0 saturated heterocycles. The van der Waals surface area contributed by atoms with E-state index in [1.165, 1.54) is 4.88 Å². The average Bonchev–Trinajstić information content (AvgIpc) is 2.98. The van der Waals surface area contributed by atoms with Gasteiger partial charge in [0.15, 0.2) is 5.11 Å². The molecule has 0 radical (unpaired) electrons. The Hall–Kier alpha value is -1.94. The van der Waals surface area contributed by atoms with Gasteiger partial charge in [-0.25, -0.2) is 0 Å². The second-order valence-corrected chi connectivity index (χ2v) is 10.4. The molecule has 1 aromatic heterocycles. The molecule has 0 aliphatic heterocycles. The lowest BCUT2D eigenvalue weighted by molar-refractivity contribution is -0.119. The lowest BCUT2D eigenvalue weighted by atomic mass is 9.72. The molecule has 0 unspecified atom stereocenters. The fraction of sp³-hybridized carbons (Fsp3) is 0.409. The molecule has 2 N–H and O–H groups in total. The first kappa shape index (κ1) is 21.8. The number of hydrogen-bond donors (Lipinski definition) is 2. The number of nitrogens with zero attached hydrogens (tertiary/aromatic N) is 1. The van der Waals surface area contributed by atoms with Gasteiger partial charge >= 0.3 is 0 Å². The summed E-state index contributed by atoms with van der Waals surface area (Å²) >= 11 is 12.8. The molecule has 3 rings (SSSR count). The molecule has 0 fully saturated rings. The number of benzene rings is 1. The van der Waals surface area contributed by atoms with Crippen molar-refractivity contribution in [2.75, 3.05) is 5.32 Å². The van der Waals surface area contributed by atoms with E-state index in [9.17, 15) is 10.1 Å². The van der Waals surface area contributed by atoms with Gasteiger partial charge in [0.2, 0.25) is 5.91 Å². The van der Waals surface area contributed by atoms with Crippen LogP contribution in [0.5, 0.6) is 0 Å². The number of hydrogen-bond acceptors (Lipinski definition) is 4. The normalized spacial score (nSPS) is 15.9. The number of anilines is 1. The van der Waals surface area contributed by atoms with E-state index in [2.05, 4.69) is 37.5 Å². The minimum Gasteiger partial charge on any atom is -0.323 e. The smallest absolute Gasteiger partial charge is 0.230 e. The van der Waals surface area contributed by atoms with Crippen LogP contribution in [-0.4, -0.2) is 11.0 Å². The van der Waals surface area contributed by atoms with Gasteiger partial charge < -0.3 is 10.6 Å². The summed E-state index contributed by atoms with van der Waals surface area (Å²) in [4.78, 5) is 13.5. The summed E-state index contributed by atoms with van der Waals surface area (Å²) < 4.78 is 0. The number of rotatable bonds is 3. The Balaban J connectivity index is 1.66. The molecule has 1 heterocycles. The fourth-order valence-electron chi connectivity index (χ4n) is 3.62. The molecular formula is C22H24ClN3OS2. The van der Waals surface area contributed by atoms with Crippen LogP contribution < -0.4 is 10.6 Å². The van der Waals surface area contributed by atoms with Crippen LogP contribution >= 0.6 is 35.2 Å². The Morgan fingerprint density at radius 2 is 2.03 bits per heavy atom. The van der Waals surface area contributed by atoms with Crippen LogP contribution in [0.4, 0.5) is 5.00 Å². The zero-order valence-corrected chi connectivity index (χ0v) is 19.2. The van der Waals surface area contributed by atoms with Crippen molar-refractivity contribution in [3.63, 3.8) is 0 Å². The highest BCUT2D eigenvalue weighted by atomic mass is 35.5. The summed E-state index contributed by atoms with van der Waals surface area (Å²) in [6, 6.07) is 9.45. The molecule has 1 aliphatic carbocycles. The second kappa shape index (κ2) is 8.83. The summed E-state index contributed by atoms with van der Waals surface area (Å²) in [5.74, 6) is 0.386. The van der Waals surface area contributed by atoms with Crippen LogP contribution in [-0.2, 0) is 24.1 Å². The van der Waals surface area contributed by atoms with E-state index >= 15 is 0 Å². The van der Waals surface area contributed by atoms with E-state index in [0.717, 1.165) is 35.4 Å². The van der Waals surface area contributed by atoms with Gasteiger partial charge in [-0.05, 0) is 66.1 Å². The molecule has 4 nitrogen and oxygen atoms in total. The van der Waals surface area contributed by atoms with E-state index in [1.54, 1.807) is 23.5 Å². The SMILES string of the molecule is CC(C)(C)[C@H]1CCc2c(sc(NC(=S)NC(=O)Cc3ccc(Cl)cc3)c2C#N)C1. The van der Waals surface area contributed by atoms with Gasteiger partial charge in [0, 0.05) is 9.90 Å². The van der Waals surface area contributed by atoms with Gasteiger partial charge in [0.1, 0.15) is 11.1 Å². The topological polar surface area (TPSA) is 64.9 Å². The standard InChI is InChI=1S/C22H24ClN3OS2/c1-22(2,3)14-6-9-16-17(12-24)20(29-18(16)11-14)26-21(28)25-19(27)10-13-4-7-15(23)8-5-13/h4-5,7-8,14H,6,9-11H2,1-3H3,(H2,25,26,27,28)/t14-/m0/s1. The molecule has 2 aromatic rings. The Labute approximate surface area is 186 Å². The number of nitrogens with one attached hydrogen (secondary N) is 2. The van der Waals surface area contributed by atoms with E-state index in [4.69, 9.17) is 23.8 Å². The lowest BCUT2D eigenvalue weighted by Crippen LogP contribution is -2.35. The molecule has 0 bridgehead atoms. The third-order valence-corrected chi connectivity index (χ3v) is 6.99. The zero-order chi connectivity index (χ0) is 21.2.